The van der Waals surface area contributed by atoms with Crippen molar-refractivity contribution in [3.8, 4) is 28.5 Å². The highest BCUT2D eigenvalue weighted by molar-refractivity contribution is 6.00. The largest absolute Gasteiger partial charge is 0.497 e. The lowest BCUT2D eigenvalue weighted by atomic mass is 9.95. The predicted octanol–water partition coefficient (Wildman–Crippen LogP) is 3.27. The molecule has 0 radical (unpaired) electrons. The summed E-state index contributed by atoms with van der Waals surface area (Å²) in [6, 6.07) is 12.7. The summed E-state index contributed by atoms with van der Waals surface area (Å²) in [6.45, 7) is 0.232. The van der Waals surface area contributed by atoms with Gasteiger partial charge in [-0.2, -0.15) is 5.10 Å². The average Bonchev–Trinajstić information content (AvgIpc) is 3.40. The lowest BCUT2D eigenvalue weighted by molar-refractivity contribution is -0.113. The van der Waals surface area contributed by atoms with E-state index in [9.17, 15) is 4.79 Å². The van der Waals surface area contributed by atoms with E-state index >= 15 is 0 Å². The normalized spacial score (nSPS) is 15.2. The molecule has 1 atom stereocenters. The van der Waals surface area contributed by atoms with Gasteiger partial charge in [0.05, 0.1) is 39.6 Å². The summed E-state index contributed by atoms with van der Waals surface area (Å²) >= 11 is 0. The second-order valence-corrected chi connectivity index (χ2v) is 7.46. The summed E-state index contributed by atoms with van der Waals surface area (Å²) in [5, 5.41) is 7.43. The van der Waals surface area contributed by atoms with Gasteiger partial charge in [-0.25, -0.2) is 0 Å². The van der Waals surface area contributed by atoms with E-state index in [0.717, 1.165) is 22.4 Å². The van der Waals surface area contributed by atoms with Crippen LogP contribution in [0.1, 0.15) is 27.7 Å². The standard InChI is InChI=1S/C24H27N3O6/c1-29-16-9-6-14(7-10-16)21-20-22(26-25-21)24(28)27(13-19(32-4)33-5)23(20)15-8-11-17(30-2)18(12-15)31-3/h6-12,19,23H,13H2,1-5H3,(H,25,26). The van der Waals surface area contributed by atoms with Crippen molar-refractivity contribution in [3.05, 3.63) is 59.3 Å². The molecule has 1 amide bonds. The van der Waals surface area contributed by atoms with Gasteiger partial charge >= 0.3 is 0 Å². The molecular formula is C24H27N3O6. The fourth-order valence-electron chi connectivity index (χ4n) is 4.13. The number of nitrogens with one attached hydrogen (secondary N) is 1. The SMILES string of the molecule is COc1ccc(-c2n[nH]c3c2C(c2ccc(OC)c(OC)c2)N(CC(OC)OC)C3=O)cc1. The molecule has 0 fully saturated rings. The average molecular weight is 453 g/mol. The first kappa shape index (κ1) is 22.6. The van der Waals surface area contributed by atoms with Crippen molar-refractivity contribution in [1.82, 2.24) is 15.1 Å². The molecule has 0 aliphatic carbocycles. The smallest absolute Gasteiger partial charge is 0.273 e. The van der Waals surface area contributed by atoms with Crippen molar-refractivity contribution in [2.24, 2.45) is 0 Å². The summed E-state index contributed by atoms with van der Waals surface area (Å²) in [5.41, 5.74) is 3.62. The Morgan fingerprint density at radius 1 is 0.939 bits per heavy atom. The third kappa shape index (κ3) is 4.01. The first-order chi connectivity index (χ1) is 16.1. The molecule has 1 aromatic heterocycles. The van der Waals surface area contributed by atoms with Crippen LogP contribution in [-0.2, 0) is 9.47 Å². The Labute approximate surface area is 192 Å². The number of aromatic nitrogens is 2. The molecule has 4 rings (SSSR count). The highest BCUT2D eigenvalue weighted by atomic mass is 16.7. The molecule has 1 aliphatic heterocycles. The number of carbonyl (C=O) groups is 1. The minimum atomic E-state index is -0.585. The number of nitrogens with zero attached hydrogens (tertiary/aromatic N) is 2. The molecule has 1 aliphatic rings. The lowest BCUT2D eigenvalue weighted by Gasteiger charge is -2.29. The molecule has 0 saturated heterocycles. The molecule has 0 bridgehead atoms. The van der Waals surface area contributed by atoms with Gasteiger partial charge < -0.3 is 28.6 Å². The third-order valence-electron chi connectivity index (χ3n) is 5.82. The number of benzene rings is 2. The van der Waals surface area contributed by atoms with E-state index in [0.29, 0.717) is 22.9 Å². The Balaban J connectivity index is 1.85. The number of carbonyl (C=O) groups excluding carboxylic acids is 1. The van der Waals surface area contributed by atoms with Crippen LogP contribution in [0.25, 0.3) is 11.3 Å². The van der Waals surface area contributed by atoms with Crippen molar-refractivity contribution in [2.45, 2.75) is 12.3 Å². The van der Waals surface area contributed by atoms with Crippen LogP contribution in [-0.4, -0.2) is 69.4 Å². The Morgan fingerprint density at radius 3 is 2.24 bits per heavy atom. The molecule has 9 heteroatoms. The third-order valence-corrected chi connectivity index (χ3v) is 5.82. The number of hydrogen-bond acceptors (Lipinski definition) is 7. The van der Waals surface area contributed by atoms with E-state index in [1.54, 1.807) is 40.4 Å². The number of rotatable bonds is 9. The van der Waals surface area contributed by atoms with Gasteiger partial charge in [-0.1, -0.05) is 6.07 Å². The second kappa shape index (κ2) is 9.51. The van der Waals surface area contributed by atoms with Crippen LogP contribution in [0.4, 0.5) is 0 Å². The summed E-state index contributed by atoms with van der Waals surface area (Å²) in [5.74, 6) is 1.73. The fraction of sp³-hybridized carbons (Fsp3) is 0.333. The maximum Gasteiger partial charge on any atom is 0.273 e. The molecule has 1 unspecified atom stereocenters. The Morgan fingerprint density at radius 2 is 1.64 bits per heavy atom. The van der Waals surface area contributed by atoms with Crippen molar-refractivity contribution in [1.29, 1.82) is 0 Å². The molecule has 9 nitrogen and oxygen atoms in total. The van der Waals surface area contributed by atoms with Gasteiger partial charge in [-0.05, 0) is 42.0 Å². The number of methoxy groups -OCH3 is 5. The van der Waals surface area contributed by atoms with Gasteiger partial charge in [0.15, 0.2) is 17.8 Å². The zero-order chi connectivity index (χ0) is 23.5. The molecular weight excluding hydrogens is 426 g/mol. The first-order valence-electron chi connectivity index (χ1n) is 10.4. The van der Waals surface area contributed by atoms with Gasteiger partial charge in [0.2, 0.25) is 0 Å². The van der Waals surface area contributed by atoms with E-state index in [2.05, 4.69) is 10.2 Å². The number of hydrogen-bond donors (Lipinski definition) is 1. The van der Waals surface area contributed by atoms with Crippen LogP contribution in [0.5, 0.6) is 17.2 Å². The van der Waals surface area contributed by atoms with Crippen LogP contribution < -0.4 is 14.2 Å². The molecule has 2 aromatic carbocycles. The topological polar surface area (TPSA) is 95.1 Å². The van der Waals surface area contributed by atoms with Crippen LogP contribution in [0, 0.1) is 0 Å². The lowest BCUT2D eigenvalue weighted by Crippen LogP contribution is -2.38. The van der Waals surface area contributed by atoms with Crippen LogP contribution in [0.15, 0.2) is 42.5 Å². The number of amides is 1. The maximum atomic E-state index is 13.4. The summed E-state index contributed by atoms with van der Waals surface area (Å²) in [6.07, 6.45) is -0.585. The van der Waals surface area contributed by atoms with Crippen LogP contribution in [0.2, 0.25) is 0 Å². The number of aromatic amines is 1. The van der Waals surface area contributed by atoms with Gasteiger partial charge in [-0.3, -0.25) is 9.89 Å². The summed E-state index contributed by atoms with van der Waals surface area (Å²) < 4.78 is 27.0. The van der Waals surface area contributed by atoms with Gasteiger partial charge in [0.1, 0.15) is 11.4 Å². The molecule has 174 valence electrons. The van der Waals surface area contributed by atoms with E-state index in [4.69, 9.17) is 23.7 Å². The van der Waals surface area contributed by atoms with Crippen LogP contribution in [0.3, 0.4) is 0 Å². The highest BCUT2D eigenvalue weighted by Gasteiger charge is 2.43. The summed E-state index contributed by atoms with van der Waals surface area (Å²) in [7, 11) is 7.87. The van der Waals surface area contributed by atoms with Gasteiger partial charge in [0.25, 0.3) is 5.91 Å². The fourth-order valence-corrected chi connectivity index (χ4v) is 4.13. The predicted molar refractivity (Wildman–Crippen MR) is 121 cm³/mol. The monoisotopic (exact) mass is 453 g/mol. The number of H-pyrrole nitrogens is 1. The van der Waals surface area contributed by atoms with E-state index in [1.165, 1.54) is 0 Å². The maximum absolute atomic E-state index is 13.4. The Hall–Kier alpha value is -3.56. The van der Waals surface area contributed by atoms with Crippen LogP contribution >= 0.6 is 0 Å². The van der Waals surface area contributed by atoms with Crippen molar-refractivity contribution in [2.75, 3.05) is 42.1 Å². The van der Waals surface area contributed by atoms with E-state index in [1.807, 2.05) is 42.5 Å². The Bertz CT molecular complexity index is 1120. The Kier molecular flexibility index (Phi) is 6.52. The molecule has 33 heavy (non-hydrogen) atoms. The second-order valence-electron chi connectivity index (χ2n) is 7.46. The quantitative estimate of drug-likeness (QED) is 0.497. The molecule has 3 aromatic rings. The number of ether oxygens (including phenoxy) is 5. The van der Waals surface area contributed by atoms with Gasteiger partial charge in [0, 0.05) is 25.3 Å². The highest BCUT2D eigenvalue weighted by Crippen LogP contribution is 2.44. The molecule has 0 saturated carbocycles. The first-order valence-corrected chi connectivity index (χ1v) is 10.4. The minimum absolute atomic E-state index is 0.184. The van der Waals surface area contributed by atoms with E-state index < -0.39 is 12.3 Å². The molecule has 1 N–H and O–H groups in total. The zero-order valence-electron chi connectivity index (χ0n) is 19.2. The van der Waals surface area contributed by atoms with Crippen molar-refractivity contribution in [3.63, 3.8) is 0 Å². The van der Waals surface area contributed by atoms with Gasteiger partial charge in [-0.15, -0.1) is 0 Å². The minimum Gasteiger partial charge on any atom is -0.497 e. The van der Waals surface area contributed by atoms with Crippen molar-refractivity contribution >= 4 is 5.91 Å². The van der Waals surface area contributed by atoms with E-state index in [-0.39, 0.29) is 12.5 Å². The number of fused-ring (bicyclic) bond motifs is 1. The van der Waals surface area contributed by atoms with Crippen molar-refractivity contribution < 1.29 is 28.5 Å². The zero-order valence-corrected chi connectivity index (χ0v) is 19.2. The molecule has 2 heterocycles. The molecule has 0 spiro atoms. The summed E-state index contributed by atoms with van der Waals surface area (Å²) in [4.78, 5) is 15.2.